The lowest BCUT2D eigenvalue weighted by atomic mass is 10.1. The molecule has 2 heterocycles. The molecule has 0 aromatic carbocycles. The van der Waals surface area contributed by atoms with Gasteiger partial charge < -0.3 is 9.47 Å². The van der Waals surface area contributed by atoms with E-state index in [-0.39, 0.29) is 13.0 Å². The maximum Gasteiger partial charge on any atom is 0.330 e. The molecule has 2 rings (SSSR count). The van der Waals surface area contributed by atoms with Gasteiger partial charge in [0.25, 0.3) is 5.56 Å². The van der Waals surface area contributed by atoms with E-state index in [4.69, 9.17) is 15.0 Å². The lowest BCUT2D eigenvalue weighted by Gasteiger charge is -2.16. The van der Waals surface area contributed by atoms with Gasteiger partial charge in [0, 0.05) is 30.0 Å². The second-order valence-electron chi connectivity index (χ2n) is 4.92. The van der Waals surface area contributed by atoms with E-state index in [2.05, 4.69) is 15.0 Å². The van der Waals surface area contributed by atoms with Crippen molar-refractivity contribution in [2.24, 2.45) is 5.11 Å². The SMILES string of the molecule is CC(=O)OC[C@H]1O[C@@H](n2cc(C)c(=O)[nH]c2=O)CC1N=[N+]=[N-]. The number of esters is 1. The van der Waals surface area contributed by atoms with Crippen LogP contribution in [-0.4, -0.2) is 34.3 Å². The van der Waals surface area contributed by atoms with Crippen molar-refractivity contribution < 1.29 is 14.3 Å². The summed E-state index contributed by atoms with van der Waals surface area (Å²) in [5.74, 6) is -0.483. The molecule has 1 N–H and O–H groups in total. The van der Waals surface area contributed by atoms with Crippen LogP contribution >= 0.6 is 0 Å². The molecule has 1 unspecified atom stereocenters. The van der Waals surface area contributed by atoms with Crippen molar-refractivity contribution >= 4 is 5.97 Å². The van der Waals surface area contributed by atoms with Crippen LogP contribution in [0.5, 0.6) is 0 Å². The topological polar surface area (TPSA) is 139 Å². The van der Waals surface area contributed by atoms with Crippen molar-refractivity contribution in [3.05, 3.63) is 43.0 Å². The quantitative estimate of drug-likeness (QED) is 0.370. The van der Waals surface area contributed by atoms with Gasteiger partial charge in [0.15, 0.2) is 0 Å². The highest BCUT2D eigenvalue weighted by molar-refractivity contribution is 5.65. The first-order valence-corrected chi connectivity index (χ1v) is 6.57. The van der Waals surface area contributed by atoms with Crippen molar-refractivity contribution in [1.82, 2.24) is 9.55 Å². The minimum Gasteiger partial charge on any atom is -0.463 e. The largest absolute Gasteiger partial charge is 0.463 e. The summed E-state index contributed by atoms with van der Waals surface area (Å²) in [5, 5.41) is 3.61. The summed E-state index contributed by atoms with van der Waals surface area (Å²) in [4.78, 5) is 39.0. The highest BCUT2D eigenvalue weighted by Crippen LogP contribution is 2.30. The van der Waals surface area contributed by atoms with Crippen molar-refractivity contribution in [2.75, 3.05) is 6.61 Å². The van der Waals surface area contributed by atoms with Crippen LogP contribution in [-0.2, 0) is 14.3 Å². The van der Waals surface area contributed by atoms with E-state index in [0.29, 0.717) is 5.56 Å². The number of hydrogen-bond acceptors (Lipinski definition) is 6. The number of ether oxygens (including phenoxy) is 2. The third-order valence-electron chi connectivity index (χ3n) is 3.31. The molecule has 0 spiro atoms. The smallest absolute Gasteiger partial charge is 0.330 e. The molecule has 3 atom stereocenters. The molecule has 1 aliphatic rings. The van der Waals surface area contributed by atoms with Gasteiger partial charge in [0.05, 0.1) is 6.04 Å². The fourth-order valence-corrected chi connectivity index (χ4v) is 2.22. The first-order valence-electron chi connectivity index (χ1n) is 6.57. The van der Waals surface area contributed by atoms with E-state index in [1.54, 1.807) is 6.92 Å². The van der Waals surface area contributed by atoms with Gasteiger partial charge >= 0.3 is 11.7 Å². The minimum absolute atomic E-state index is 0.0768. The maximum atomic E-state index is 11.9. The first-order chi connectivity index (χ1) is 10.4. The number of rotatable bonds is 4. The second-order valence-corrected chi connectivity index (χ2v) is 4.92. The van der Waals surface area contributed by atoms with E-state index in [0.717, 1.165) is 0 Å². The molecule has 1 aromatic rings. The van der Waals surface area contributed by atoms with Gasteiger partial charge in [-0.3, -0.25) is 19.1 Å². The molecule has 0 aliphatic carbocycles. The first kappa shape index (κ1) is 15.8. The van der Waals surface area contributed by atoms with Gasteiger partial charge in [-0.1, -0.05) is 5.11 Å². The summed E-state index contributed by atoms with van der Waals surface area (Å²) in [5.41, 5.74) is 7.86. The van der Waals surface area contributed by atoms with E-state index in [9.17, 15) is 14.4 Å². The van der Waals surface area contributed by atoms with Crippen LogP contribution in [0.3, 0.4) is 0 Å². The van der Waals surface area contributed by atoms with E-state index < -0.39 is 35.6 Å². The summed E-state index contributed by atoms with van der Waals surface area (Å²) in [6.07, 6.45) is 0.261. The molecule has 1 saturated heterocycles. The molecule has 22 heavy (non-hydrogen) atoms. The predicted molar refractivity (Wildman–Crippen MR) is 74.2 cm³/mol. The molecule has 0 amide bonds. The van der Waals surface area contributed by atoms with Crippen molar-refractivity contribution in [1.29, 1.82) is 0 Å². The Morgan fingerprint density at radius 2 is 2.36 bits per heavy atom. The number of aryl methyl sites for hydroxylation is 1. The zero-order valence-electron chi connectivity index (χ0n) is 12.1. The summed E-state index contributed by atoms with van der Waals surface area (Å²) in [6, 6.07) is -0.575. The standard InChI is InChI=1S/C12H15N5O5/c1-6-4-17(12(20)14-11(6)19)10-3-8(15-16-13)9(22-10)5-21-7(2)18/h4,8-10H,3,5H2,1-2H3,(H,14,19,20)/t8?,9-,10-/m1/s1. The van der Waals surface area contributed by atoms with Crippen molar-refractivity contribution in [3.63, 3.8) is 0 Å². The average molecular weight is 309 g/mol. The number of aromatic nitrogens is 2. The van der Waals surface area contributed by atoms with Crippen LogP contribution in [0.2, 0.25) is 0 Å². The van der Waals surface area contributed by atoms with Gasteiger partial charge in [-0.15, -0.1) is 0 Å². The lowest BCUT2D eigenvalue weighted by Crippen LogP contribution is -2.33. The molecule has 0 saturated carbocycles. The Bertz CT molecular complexity index is 732. The number of nitrogens with zero attached hydrogens (tertiary/aromatic N) is 4. The Kier molecular flexibility index (Phi) is 4.64. The van der Waals surface area contributed by atoms with Crippen LogP contribution in [0, 0.1) is 6.92 Å². The predicted octanol–water partition coefficient (Wildman–Crippen LogP) is 0.375. The van der Waals surface area contributed by atoms with Crippen LogP contribution in [0.25, 0.3) is 10.4 Å². The number of hydrogen-bond donors (Lipinski definition) is 1. The highest BCUT2D eigenvalue weighted by atomic mass is 16.6. The molecule has 0 bridgehead atoms. The number of carbonyl (C=O) groups excluding carboxylic acids is 1. The van der Waals surface area contributed by atoms with Crippen LogP contribution in [0.4, 0.5) is 0 Å². The van der Waals surface area contributed by atoms with Gasteiger partial charge in [-0.05, 0) is 12.5 Å². The molecular weight excluding hydrogens is 294 g/mol. The van der Waals surface area contributed by atoms with Crippen LogP contribution < -0.4 is 11.2 Å². The summed E-state index contributed by atoms with van der Waals surface area (Å²) in [6.45, 7) is 2.74. The zero-order valence-corrected chi connectivity index (χ0v) is 12.1. The number of carbonyl (C=O) groups is 1. The Labute approximate surface area is 124 Å². The minimum atomic E-state index is -0.709. The monoisotopic (exact) mass is 309 g/mol. The van der Waals surface area contributed by atoms with Crippen LogP contribution in [0.1, 0.15) is 25.1 Å². The molecule has 118 valence electrons. The maximum absolute atomic E-state index is 11.9. The molecule has 1 fully saturated rings. The van der Waals surface area contributed by atoms with Gasteiger partial charge in [0.2, 0.25) is 0 Å². The Balaban J connectivity index is 2.25. The Morgan fingerprint density at radius 1 is 1.64 bits per heavy atom. The van der Waals surface area contributed by atoms with E-state index in [1.807, 2.05) is 0 Å². The highest BCUT2D eigenvalue weighted by Gasteiger charge is 2.36. The summed E-state index contributed by atoms with van der Waals surface area (Å²) >= 11 is 0. The Hall–Kier alpha value is -2.58. The van der Waals surface area contributed by atoms with Gasteiger partial charge in [-0.2, -0.15) is 0 Å². The number of aromatic amines is 1. The molecule has 10 heteroatoms. The molecule has 10 nitrogen and oxygen atoms in total. The molecule has 0 radical (unpaired) electrons. The van der Waals surface area contributed by atoms with Crippen molar-refractivity contribution in [2.45, 2.75) is 38.6 Å². The summed E-state index contributed by atoms with van der Waals surface area (Å²) in [7, 11) is 0. The third-order valence-corrected chi connectivity index (χ3v) is 3.31. The van der Waals surface area contributed by atoms with Crippen molar-refractivity contribution in [3.8, 4) is 0 Å². The number of azide groups is 1. The van der Waals surface area contributed by atoms with Gasteiger partial charge in [0.1, 0.15) is 18.9 Å². The van der Waals surface area contributed by atoms with Crippen LogP contribution in [0.15, 0.2) is 20.9 Å². The van der Waals surface area contributed by atoms with E-state index in [1.165, 1.54) is 17.7 Å². The third kappa shape index (κ3) is 3.35. The number of H-pyrrole nitrogens is 1. The molecule has 1 aromatic heterocycles. The van der Waals surface area contributed by atoms with Gasteiger partial charge in [-0.25, -0.2) is 4.79 Å². The lowest BCUT2D eigenvalue weighted by molar-refractivity contribution is -0.146. The average Bonchev–Trinajstić information content (AvgIpc) is 2.84. The number of nitrogens with one attached hydrogen (secondary N) is 1. The normalized spacial score (nSPS) is 23.8. The van der Waals surface area contributed by atoms with E-state index >= 15 is 0 Å². The molecular formula is C12H15N5O5. The Morgan fingerprint density at radius 3 is 3.00 bits per heavy atom. The zero-order chi connectivity index (χ0) is 16.3. The summed E-state index contributed by atoms with van der Waals surface area (Å²) < 4.78 is 11.7. The fourth-order valence-electron chi connectivity index (χ4n) is 2.22. The molecule has 1 aliphatic heterocycles. The second kappa shape index (κ2) is 6.46. The fraction of sp³-hybridized carbons (Fsp3) is 0.583.